The molecule has 126 valence electrons. The number of anilines is 4. The molecule has 0 saturated heterocycles. The van der Waals surface area contributed by atoms with Gasteiger partial charge in [-0.2, -0.15) is 0 Å². The summed E-state index contributed by atoms with van der Waals surface area (Å²) in [5.74, 6) is 1.65. The van der Waals surface area contributed by atoms with Crippen LogP contribution in [0.15, 0.2) is 60.7 Å². The van der Waals surface area contributed by atoms with Gasteiger partial charge in [0.2, 0.25) is 0 Å². The number of nitrogens with zero attached hydrogens (tertiary/aromatic N) is 2. The molecule has 2 N–H and O–H groups in total. The zero-order valence-corrected chi connectivity index (χ0v) is 14.0. The Bertz CT molecular complexity index is 864. The van der Waals surface area contributed by atoms with Gasteiger partial charge in [-0.25, -0.2) is 14.8 Å². The van der Waals surface area contributed by atoms with Crippen LogP contribution in [0.2, 0.25) is 0 Å². The van der Waals surface area contributed by atoms with E-state index in [1.54, 1.807) is 24.3 Å². The molecule has 0 aliphatic carbocycles. The molecule has 0 radical (unpaired) electrons. The van der Waals surface area contributed by atoms with E-state index in [1.165, 1.54) is 7.11 Å². The maximum atomic E-state index is 11.5. The summed E-state index contributed by atoms with van der Waals surface area (Å²) >= 11 is 0. The lowest BCUT2D eigenvalue weighted by Gasteiger charge is -2.10. The fraction of sp³-hybridized carbons (Fsp3) is 0.105. The predicted octanol–water partition coefficient (Wildman–Crippen LogP) is 4.06. The third-order valence-electron chi connectivity index (χ3n) is 3.46. The molecule has 1 heterocycles. The smallest absolute Gasteiger partial charge is 0.337 e. The van der Waals surface area contributed by atoms with Crippen molar-refractivity contribution in [1.29, 1.82) is 0 Å². The number of benzene rings is 2. The Morgan fingerprint density at radius 2 is 1.44 bits per heavy atom. The summed E-state index contributed by atoms with van der Waals surface area (Å²) in [5.41, 5.74) is 2.27. The average Bonchev–Trinajstić information content (AvgIpc) is 2.62. The monoisotopic (exact) mass is 334 g/mol. The van der Waals surface area contributed by atoms with Crippen LogP contribution in [-0.2, 0) is 4.74 Å². The van der Waals surface area contributed by atoms with E-state index >= 15 is 0 Å². The van der Waals surface area contributed by atoms with E-state index in [0.29, 0.717) is 23.0 Å². The van der Waals surface area contributed by atoms with Crippen molar-refractivity contribution >= 4 is 29.0 Å². The summed E-state index contributed by atoms with van der Waals surface area (Å²) in [6, 6.07) is 18.6. The van der Waals surface area contributed by atoms with Crippen LogP contribution in [0.3, 0.4) is 0 Å². The van der Waals surface area contributed by atoms with Crippen molar-refractivity contribution in [2.75, 3.05) is 17.7 Å². The van der Waals surface area contributed by atoms with Crippen LogP contribution in [0.5, 0.6) is 0 Å². The Kier molecular flexibility index (Phi) is 4.89. The van der Waals surface area contributed by atoms with Crippen molar-refractivity contribution in [1.82, 2.24) is 9.97 Å². The highest BCUT2D eigenvalue weighted by molar-refractivity contribution is 5.89. The fourth-order valence-corrected chi connectivity index (χ4v) is 2.32. The first-order valence-corrected chi connectivity index (χ1v) is 7.77. The number of methoxy groups -OCH3 is 1. The number of hydrogen-bond donors (Lipinski definition) is 2. The molecule has 1 aromatic heterocycles. The molecule has 3 rings (SSSR count). The number of aromatic nitrogens is 2. The van der Waals surface area contributed by atoms with Crippen LogP contribution in [0.4, 0.5) is 23.0 Å². The van der Waals surface area contributed by atoms with Crippen LogP contribution in [0, 0.1) is 6.92 Å². The standard InChI is InChI=1S/C19H18N4O2/c1-13-20-17(22-15-6-4-3-5-7-15)12-18(21-13)23-16-10-8-14(9-11-16)19(24)25-2/h3-12H,1-2H3,(H2,20,21,22,23). The molecular formula is C19H18N4O2. The Balaban J connectivity index is 1.77. The lowest BCUT2D eigenvalue weighted by atomic mass is 10.2. The van der Waals surface area contributed by atoms with Gasteiger partial charge < -0.3 is 15.4 Å². The van der Waals surface area contributed by atoms with E-state index in [-0.39, 0.29) is 5.97 Å². The van der Waals surface area contributed by atoms with Crippen LogP contribution in [0.25, 0.3) is 0 Å². The van der Waals surface area contributed by atoms with E-state index in [1.807, 2.05) is 43.3 Å². The number of esters is 1. The summed E-state index contributed by atoms with van der Waals surface area (Å²) in [7, 11) is 1.36. The number of rotatable bonds is 5. The summed E-state index contributed by atoms with van der Waals surface area (Å²) < 4.78 is 4.69. The van der Waals surface area contributed by atoms with E-state index in [4.69, 9.17) is 4.74 Å². The van der Waals surface area contributed by atoms with Gasteiger partial charge in [0.05, 0.1) is 12.7 Å². The van der Waals surface area contributed by atoms with Gasteiger partial charge in [-0.3, -0.25) is 0 Å². The average molecular weight is 334 g/mol. The maximum absolute atomic E-state index is 11.5. The minimum atomic E-state index is -0.362. The van der Waals surface area contributed by atoms with Crippen LogP contribution in [0.1, 0.15) is 16.2 Å². The van der Waals surface area contributed by atoms with Crippen molar-refractivity contribution in [3.05, 3.63) is 72.1 Å². The molecule has 2 aromatic carbocycles. The molecule has 3 aromatic rings. The van der Waals surface area contributed by atoms with Gasteiger partial charge in [0.1, 0.15) is 17.5 Å². The molecule has 6 nitrogen and oxygen atoms in total. The van der Waals surface area contributed by atoms with Crippen molar-refractivity contribution in [3.8, 4) is 0 Å². The summed E-state index contributed by atoms with van der Waals surface area (Å²) in [4.78, 5) is 20.3. The Morgan fingerprint density at radius 1 is 0.880 bits per heavy atom. The first-order valence-electron chi connectivity index (χ1n) is 7.77. The number of carbonyl (C=O) groups is 1. The third kappa shape index (κ3) is 4.32. The molecule has 0 spiro atoms. The highest BCUT2D eigenvalue weighted by atomic mass is 16.5. The molecule has 25 heavy (non-hydrogen) atoms. The van der Waals surface area contributed by atoms with E-state index in [9.17, 15) is 4.79 Å². The predicted molar refractivity (Wildman–Crippen MR) is 97.6 cm³/mol. The highest BCUT2D eigenvalue weighted by Gasteiger charge is 2.06. The van der Waals surface area contributed by atoms with Gasteiger partial charge in [0.25, 0.3) is 0 Å². The maximum Gasteiger partial charge on any atom is 0.337 e. The lowest BCUT2D eigenvalue weighted by Crippen LogP contribution is -2.03. The minimum absolute atomic E-state index is 0.362. The molecule has 0 amide bonds. The third-order valence-corrected chi connectivity index (χ3v) is 3.46. The minimum Gasteiger partial charge on any atom is -0.465 e. The van der Waals surface area contributed by atoms with Crippen LogP contribution >= 0.6 is 0 Å². The van der Waals surface area contributed by atoms with Gasteiger partial charge in [-0.1, -0.05) is 18.2 Å². The molecular weight excluding hydrogens is 316 g/mol. The number of carbonyl (C=O) groups excluding carboxylic acids is 1. The van der Waals surface area contributed by atoms with Crippen LogP contribution < -0.4 is 10.6 Å². The molecule has 0 aliphatic heterocycles. The molecule has 0 fully saturated rings. The highest BCUT2D eigenvalue weighted by Crippen LogP contribution is 2.20. The Morgan fingerprint density at radius 3 is 2.00 bits per heavy atom. The second-order valence-electron chi connectivity index (χ2n) is 5.37. The Hall–Kier alpha value is -3.41. The topological polar surface area (TPSA) is 76.1 Å². The van der Waals surface area contributed by atoms with Gasteiger partial charge in [-0.15, -0.1) is 0 Å². The van der Waals surface area contributed by atoms with Crippen molar-refractivity contribution in [2.24, 2.45) is 0 Å². The number of hydrogen-bond acceptors (Lipinski definition) is 6. The number of para-hydroxylation sites is 1. The molecule has 0 bridgehead atoms. The van der Waals surface area contributed by atoms with Crippen molar-refractivity contribution < 1.29 is 9.53 Å². The quantitative estimate of drug-likeness (QED) is 0.685. The van der Waals surface area contributed by atoms with Crippen molar-refractivity contribution in [2.45, 2.75) is 6.92 Å². The number of aryl methyl sites for hydroxylation is 1. The van der Waals surface area contributed by atoms with E-state index in [2.05, 4.69) is 20.6 Å². The SMILES string of the molecule is COC(=O)c1ccc(Nc2cc(Nc3ccccc3)nc(C)n2)cc1. The summed E-state index contributed by atoms with van der Waals surface area (Å²) in [6.07, 6.45) is 0. The summed E-state index contributed by atoms with van der Waals surface area (Å²) in [6.45, 7) is 1.84. The molecule has 0 saturated carbocycles. The largest absolute Gasteiger partial charge is 0.465 e. The fourth-order valence-electron chi connectivity index (χ4n) is 2.32. The zero-order chi connectivity index (χ0) is 17.6. The van der Waals surface area contributed by atoms with Gasteiger partial charge in [0.15, 0.2) is 0 Å². The zero-order valence-electron chi connectivity index (χ0n) is 14.0. The van der Waals surface area contributed by atoms with Crippen LogP contribution in [-0.4, -0.2) is 23.0 Å². The normalized spacial score (nSPS) is 10.2. The molecule has 6 heteroatoms. The molecule has 0 atom stereocenters. The molecule has 0 unspecified atom stereocenters. The van der Waals surface area contributed by atoms with Gasteiger partial charge >= 0.3 is 5.97 Å². The van der Waals surface area contributed by atoms with Crippen molar-refractivity contribution in [3.63, 3.8) is 0 Å². The first kappa shape index (κ1) is 16.4. The second kappa shape index (κ2) is 7.44. The Labute approximate surface area is 145 Å². The number of nitrogens with one attached hydrogen (secondary N) is 2. The van der Waals surface area contributed by atoms with E-state index in [0.717, 1.165) is 11.4 Å². The second-order valence-corrected chi connectivity index (χ2v) is 5.37. The number of ether oxygens (including phenoxy) is 1. The summed E-state index contributed by atoms with van der Waals surface area (Å²) in [5, 5.41) is 6.46. The van der Waals surface area contributed by atoms with Gasteiger partial charge in [-0.05, 0) is 43.3 Å². The first-order chi connectivity index (χ1) is 12.1. The molecule has 0 aliphatic rings. The van der Waals surface area contributed by atoms with E-state index < -0.39 is 0 Å². The van der Waals surface area contributed by atoms with Gasteiger partial charge in [0, 0.05) is 17.4 Å². The lowest BCUT2D eigenvalue weighted by molar-refractivity contribution is 0.0601.